The number of pyridine rings is 3. The molecule has 0 aliphatic carbocycles. The molecule has 0 saturated carbocycles. The van der Waals surface area contributed by atoms with Crippen LogP contribution in [0.1, 0.15) is 23.9 Å². The number of nitrogens with zero attached hydrogens (tertiary/aromatic N) is 5. The van der Waals surface area contributed by atoms with Gasteiger partial charge in [-0.3, -0.25) is 9.80 Å². The summed E-state index contributed by atoms with van der Waals surface area (Å²) in [5, 5.41) is 44.5. The third-order valence-electron chi connectivity index (χ3n) is 5.79. The van der Waals surface area contributed by atoms with E-state index in [1.165, 1.54) is 6.92 Å². The Kier molecular flexibility index (Phi) is 9.95. The molecule has 0 aliphatic rings. The van der Waals surface area contributed by atoms with E-state index in [1.54, 1.807) is 48.5 Å². The smallest absolute Gasteiger partial charge is 0.0897 e. The molecule has 0 spiro atoms. The Morgan fingerprint density at radius 3 is 1.62 bits per heavy atom. The van der Waals surface area contributed by atoms with Crippen LogP contribution in [0.25, 0.3) is 22.8 Å². The van der Waals surface area contributed by atoms with Gasteiger partial charge < -0.3 is 39.6 Å². The van der Waals surface area contributed by atoms with E-state index in [9.17, 15) is 39.6 Å². The van der Waals surface area contributed by atoms with Crippen molar-refractivity contribution < 1.29 is 39.6 Å². The maximum atomic E-state index is 11.3. The lowest BCUT2D eigenvalue weighted by atomic mass is 10.1. The largest absolute Gasteiger partial charge is 0.549 e. The van der Waals surface area contributed by atoms with Gasteiger partial charge >= 0.3 is 0 Å². The van der Waals surface area contributed by atoms with E-state index in [2.05, 4.69) is 15.0 Å². The quantitative estimate of drug-likeness (QED) is 0.192. The molecule has 3 aromatic heterocycles. The zero-order valence-corrected chi connectivity index (χ0v) is 21.7. The molecule has 1 atom stereocenters. The molecule has 3 heterocycles. The van der Waals surface area contributed by atoms with Crippen LogP contribution in [-0.4, -0.2) is 74.3 Å². The van der Waals surface area contributed by atoms with Gasteiger partial charge in [-0.2, -0.15) is 0 Å². The van der Waals surface area contributed by atoms with Gasteiger partial charge in [0.25, 0.3) is 0 Å². The summed E-state index contributed by atoms with van der Waals surface area (Å²) in [6.07, 6.45) is 0. The highest BCUT2D eigenvalue weighted by atomic mass is 16.4. The second-order valence-corrected chi connectivity index (χ2v) is 9.10. The number of carboxylic acids is 4. The third kappa shape index (κ3) is 8.64. The van der Waals surface area contributed by atoms with Gasteiger partial charge in [0.2, 0.25) is 0 Å². The SMILES string of the molecule is Cc1cc(-c2cccc(CN(CC(=O)[O-])CC(=O)[O-])n2)nc(-c2cccc(CN(CC(=O)[O-])C(C)C(=O)[O-])n2)c1. The number of carboxylic acid groups (broad SMARTS) is 4. The standard InChI is InChI=1S/C27H29N5O8/c1-16-9-22(20-7-3-5-18(28-20)11-31(13-24(33)34)14-25(35)36)30-23(10-16)21-8-4-6-19(29-21)12-32(15-26(37)38)17(2)27(39)40/h3-10,17H,11-15H2,1-2H3,(H,33,34)(H,35,36)(H,37,38)(H,39,40)/p-4. The highest BCUT2D eigenvalue weighted by Gasteiger charge is 2.17. The fourth-order valence-electron chi connectivity index (χ4n) is 3.97. The Hall–Kier alpha value is -4.75. The summed E-state index contributed by atoms with van der Waals surface area (Å²) in [6.45, 7) is 1.13. The van der Waals surface area contributed by atoms with Gasteiger partial charge in [-0.1, -0.05) is 12.1 Å². The van der Waals surface area contributed by atoms with Gasteiger partial charge in [0.05, 0.1) is 58.0 Å². The normalized spacial score (nSPS) is 11.9. The lowest BCUT2D eigenvalue weighted by molar-refractivity contribution is -0.315. The zero-order chi connectivity index (χ0) is 29.4. The Bertz CT molecular complexity index is 1400. The zero-order valence-electron chi connectivity index (χ0n) is 21.7. The summed E-state index contributed by atoms with van der Waals surface area (Å²) >= 11 is 0. The van der Waals surface area contributed by atoms with Crippen molar-refractivity contribution in [2.24, 2.45) is 0 Å². The molecule has 13 nitrogen and oxygen atoms in total. The van der Waals surface area contributed by atoms with Crippen LogP contribution in [0.3, 0.4) is 0 Å². The van der Waals surface area contributed by atoms with E-state index >= 15 is 0 Å². The molecule has 1 unspecified atom stereocenters. The number of hydrogen-bond acceptors (Lipinski definition) is 13. The molecule has 0 radical (unpaired) electrons. The van der Waals surface area contributed by atoms with Crippen molar-refractivity contribution in [3.8, 4) is 22.8 Å². The molecule has 210 valence electrons. The first-order chi connectivity index (χ1) is 18.9. The molecule has 0 N–H and O–H groups in total. The number of aliphatic carboxylic acids is 4. The minimum Gasteiger partial charge on any atom is -0.549 e. The first kappa shape index (κ1) is 29.8. The number of carbonyl (C=O) groups excluding carboxylic acids is 4. The summed E-state index contributed by atoms with van der Waals surface area (Å²) in [6, 6.07) is 12.4. The highest BCUT2D eigenvalue weighted by molar-refractivity contribution is 5.73. The second-order valence-electron chi connectivity index (χ2n) is 9.10. The van der Waals surface area contributed by atoms with Crippen LogP contribution in [-0.2, 0) is 32.3 Å². The van der Waals surface area contributed by atoms with E-state index in [1.807, 2.05) is 6.92 Å². The number of carbonyl (C=O) groups is 4. The molecule has 0 fully saturated rings. The molecule has 40 heavy (non-hydrogen) atoms. The fraction of sp³-hybridized carbons (Fsp3) is 0.296. The second kappa shape index (κ2) is 13.4. The molecule has 0 bridgehead atoms. The van der Waals surface area contributed by atoms with E-state index < -0.39 is 49.6 Å². The van der Waals surface area contributed by atoms with Gasteiger partial charge in [0.15, 0.2) is 0 Å². The highest BCUT2D eigenvalue weighted by Crippen LogP contribution is 2.23. The summed E-state index contributed by atoms with van der Waals surface area (Å²) in [4.78, 5) is 60.5. The van der Waals surface area contributed by atoms with Crippen molar-refractivity contribution in [2.75, 3.05) is 19.6 Å². The van der Waals surface area contributed by atoms with Gasteiger partial charge in [0, 0.05) is 38.8 Å². The van der Waals surface area contributed by atoms with Crippen molar-refractivity contribution in [2.45, 2.75) is 33.0 Å². The van der Waals surface area contributed by atoms with E-state index in [0.717, 1.165) is 15.4 Å². The number of hydrogen-bond donors (Lipinski definition) is 0. The van der Waals surface area contributed by atoms with Crippen LogP contribution in [0, 0.1) is 6.92 Å². The summed E-state index contributed by atoms with van der Waals surface area (Å²) in [5.74, 6) is -5.74. The minimum absolute atomic E-state index is 0.0786. The maximum absolute atomic E-state index is 11.3. The van der Waals surface area contributed by atoms with Crippen molar-refractivity contribution in [1.82, 2.24) is 24.8 Å². The number of rotatable bonds is 14. The van der Waals surface area contributed by atoms with Crippen LogP contribution in [0.15, 0.2) is 48.5 Å². The van der Waals surface area contributed by atoms with Gasteiger partial charge in [-0.05, 0) is 55.8 Å². The topological polar surface area (TPSA) is 206 Å². The summed E-state index contributed by atoms with van der Waals surface area (Å²) < 4.78 is 0. The summed E-state index contributed by atoms with van der Waals surface area (Å²) in [7, 11) is 0. The third-order valence-corrected chi connectivity index (χ3v) is 5.79. The van der Waals surface area contributed by atoms with E-state index in [4.69, 9.17) is 0 Å². The molecule has 0 aromatic carbocycles. The van der Waals surface area contributed by atoms with Crippen LogP contribution in [0.5, 0.6) is 0 Å². The molecule has 0 amide bonds. The van der Waals surface area contributed by atoms with Crippen LogP contribution in [0.2, 0.25) is 0 Å². The monoisotopic (exact) mass is 547 g/mol. The van der Waals surface area contributed by atoms with Gasteiger partial charge in [-0.25, -0.2) is 15.0 Å². The van der Waals surface area contributed by atoms with Crippen molar-refractivity contribution in [3.05, 3.63) is 65.5 Å². The van der Waals surface area contributed by atoms with Crippen LogP contribution in [0.4, 0.5) is 0 Å². The van der Waals surface area contributed by atoms with Crippen molar-refractivity contribution >= 4 is 23.9 Å². The fourth-order valence-corrected chi connectivity index (χ4v) is 3.97. The van der Waals surface area contributed by atoms with Gasteiger partial charge in [-0.15, -0.1) is 0 Å². The molecule has 0 aliphatic heterocycles. The lowest BCUT2D eigenvalue weighted by Gasteiger charge is -2.29. The lowest BCUT2D eigenvalue weighted by Crippen LogP contribution is -2.49. The molecule has 3 aromatic rings. The first-order valence-corrected chi connectivity index (χ1v) is 12.1. The predicted molar refractivity (Wildman–Crippen MR) is 131 cm³/mol. The molecule has 13 heteroatoms. The van der Waals surface area contributed by atoms with E-state index in [-0.39, 0.29) is 13.1 Å². The Morgan fingerprint density at radius 1 is 0.700 bits per heavy atom. The summed E-state index contributed by atoms with van der Waals surface area (Å²) in [5.41, 5.74) is 3.46. The molecular formula is C27H25N5O8-4. The molecule has 3 rings (SSSR count). The predicted octanol–water partition coefficient (Wildman–Crippen LogP) is -3.49. The van der Waals surface area contributed by atoms with Crippen molar-refractivity contribution in [1.29, 1.82) is 0 Å². The number of aromatic nitrogens is 3. The molecule has 0 saturated heterocycles. The Balaban J connectivity index is 1.90. The van der Waals surface area contributed by atoms with Gasteiger partial charge in [0.1, 0.15) is 0 Å². The Labute approximate surface area is 229 Å². The van der Waals surface area contributed by atoms with Crippen LogP contribution < -0.4 is 20.4 Å². The average molecular weight is 548 g/mol. The Morgan fingerprint density at radius 2 is 1.18 bits per heavy atom. The van der Waals surface area contributed by atoms with E-state index in [0.29, 0.717) is 34.2 Å². The first-order valence-electron chi connectivity index (χ1n) is 12.1. The maximum Gasteiger partial charge on any atom is 0.0897 e. The molecular weight excluding hydrogens is 522 g/mol. The van der Waals surface area contributed by atoms with Crippen molar-refractivity contribution in [3.63, 3.8) is 0 Å². The minimum atomic E-state index is -1.44. The van der Waals surface area contributed by atoms with Crippen LogP contribution >= 0.6 is 0 Å². The number of aryl methyl sites for hydroxylation is 1. The average Bonchev–Trinajstić information content (AvgIpc) is 2.86.